The number of carbonyl (C=O) groups excluding carboxylic acids is 1. The van der Waals surface area contributed by atoms with Crippen molar-refractivity contribution in [3.8, 4) is 0 Å². The van der Waals surface area contributed by atoms with Gasteiger partial charge in [0, 0.05) is 63.2 Å². The Kier molecular flexibility index (Phi) is 12.4. The van der Waals surface area contributed by atoms with Crippen LogP contribution < -0.4 is 4.90 Å². The molecular formula is C25H37N3OS2. The number of anilines is 1. The smallest absolute Gasteiger partial charge is 0.222 e. The largest absolute Gasteiger partial charge is 0.375 e. The highest BCUT2D eigenvalue weighted by molar-refractivity contribution is 8.76. The van der Waals surface area contributed by atoms with Gasteiger partial charge in [-0.2, -0.15) is 0 Å². The maximum atomic E-state index is 12.3. The van der Waals surface area contributed by atoms with E-state index in [2.05, 4.69) is 60.3 Å². The third-order valence-electron chi connectivity index (χ3n) is 5.12. The summed E-state index contributed by atoms with van der Waals surface area (Å²) in [4.78, 5) is 19.5. The van der Waals surface area contributed by atoms with Crippen molar-refractivity contribution in [2.45, 2.75) is 39.0 Å². The zero-order valence-corrected chi connectivity index (χ0v) is 20.8. The molecule has 0 saturated carbocycles. The van der Waals surface area contributed by atoms with E-state index >= 15 is 0 Å². The van der Waals surface area contributed by atoms with Crippen LogP contribution in [-0.4, -0.2) is 54.5 Å². The molecule has 1 N–H and O–H groups in total. The Bertz CT molecular complexity index is 760. The summed E-state index contributed by atoms with van der Waals surface area (Å²) in [6.07, 6.45) is 13.3. The van der Waals surface area contributed by atoms with Gasteiger partial charge in [-0.25, -0.2) is 0 Å². The molecule has 1 aromatic carbocycles. The SMILES string of the molecule is CCCCSSCCCC(=O)N(C)CCCN(C)c1ccc(/C=C/c2cc[nH]c2)cc1. The minimum atomic E-state index is 0.264. The molecule has 1 amide bonds. The number of H-pyrrole nitrogens is 1. The number of benzene rings is 1. The third-order valence-corrected chi connectivity index (χ3v) is 7.70. The molecule has 1 aromatic heterocycles. The highest BCUT2D eigenvalue weighted by Gasteiger charge is 2.09. The van der Waals surface area contributed by atoms with Gasteiger partial charge in [0.2, 0.25) is 5.91 Å². The van der Waals surface area contributed by atoms with E-state index < -0.39 is 0 Å². The molecule has 31 heavy (non-hydrogen) atoms. The van der Waals surface area contributed by atoms with Crippen LogP contribution in [0.4, 0.5) is 5.69 Å². The van der Waals surface area contributed by atoms with Crippen LogP contribution in [-0.2, 0) is 4.79 Å². The molecule has 4 nitrogen and oxygen atoms in total. The number of amides is 1. The number of aromatic amines is 1. The molecule has 170 valence electrons. The summed E-state index contributed by atoms with van der Waals surface area (Å²) in [5, 5.41) is 0. The minimum Gasteiger partial charge on any atom is -0.375 e. The summed E-state index contributed by atoms with van der Waals surface area (Å²) in [7, 11) is 7.88. The number of rotatable bonds is 15. The lowest BCUT2D eigenvalue weighted by Crippen LogP contribution is -2.30. The Morgan fingerprint density at radius 2 is 1.65 bits per heavy atom. The van der Waals surface area contributed by atoms with E-state index in [1.807, 2.05) is 52.0 Å². The van der Waals surface area contributed by atoms with Gasteiger partial charge in [-0.3, -0.25) is 4.79 Å². The average molecular weight is 460 g/mol. The first-order valence-electron chi connectivity index (χ1n) is 11.2. The van der Waals surface area contributed by atoms with E-state index in [-0.39, 0.29) is 5.91 Å². The van der Waals surface area contributed by atoms with E-state index in [0.717, 1.165) is 31.7 Å². The van der Waals surface area contributed by atoms with Crippen molar-refractivity contribution in [1.82, 2.24) is 9.88 Å². The summed E-state index contributed by atoms with van der Waals surface area (Å²) < 4.78 is 0. The van der Waals surface area contributed by atoms with Crippen molar-refractivity contribution in [3.05, 3.63) is 53.9 Å². The fraction of sp³-hybridized carbons (Fsp3) is 0.480. The average Bonchev–Trinajstić information content (AvgIpc) is 3.31. The van der Waals surface area contributed by atoms with Crippen molar-refractivity contribution in [3.63, 3.8) is 0 Å². The predicted molar refractivity (Wildman–Crippen MR) is 141 cm³/mol. The van der Waals surface area contributed by atoms with Crippen molar-refractivity contribution in [1.29, 1.82) is 0 Å². The number of nitrogens with zero attached hydrogens (tertiary/aromatic N) is 2. The van der Waals surface area contributed by atoms with Gasteiger partial charge in [-0.1, -0.05) is 59.2 Å². The molecule has 0 aliphatic carbocycles. The van der Waals surface area contributed by atoms with Crippen LogP contribution in [0.3, 0.4) is 0 Å². The van der Waals surface area contributed by atoms with E-state index in [4.69, 9.17) is 0 Å². The lowest BCUT2D eigenvalue weighted by atomic mass is 10.1. The lowest BCUT2D eigenvalue weighted by Gasteiger charge is -2.22. The molecule has 0 aliphatic heterocycles. The minimum absolute atomic E-state index is 0.264. The fourth-order valence-electron chi connectivity index (χ4n) is 3.07. The number of nitrogens with one attached hydrogen (secondary N) is 1. The number of hydrogen-bond donors (Lipinski definition) is 1. The molecule has 0 saturated heterocycles. The Hall–Kier alpha value is -1.79. The Morgan fingerprint density at radius 1 is 0.935 bits per heavy atom. The zero-order chi connectivity index (χ0) is 22.3. The van der Waals surface area contributed by atoms with Gasteiger partial charge in [0.1, 0.15) is 0 Å². The van der Waals surface area contributed by atoms with Crippen LogP contribution in [0.15, 0.2) is 42.7 Å². The summed E-state index contributed by atoms with van der Waals surface area (Å²) in [6.45, 7) is 3.96. The Balaban J connectivity index is 1.62. The molecule has 0 bridgehead atoms. The van der Waals surface area contributed by atoms with E-state index in [9.17, 15) is 4.79 Å². The predicted octanol–water partition coefficient (Wildman–Crippen LogP) is 6.43. The van der Waals surface area contributed by atoms with Crippen LogP contribution >= 0.6 is 21.6 Å². The first-order chi connectivity index (χ1) is 15.1. The van der Waals surface area contributed by atoms with Crippen molar-refractivity contribution < 1.29 is 4.79 Å². The Labute approximate surface area is 196 Å². The van der Waals surface area contributed by atoms with E-state index in [0.29, 0.717) is 6.42 Å². The number of aromatic nitrogens is 1. The summed E-state index contributed by atoms with van der Waals surface area (Å²) >= 11 is 0. The van der Waals surface area contributed by atoms with E-state index in [1.54, 1.807) is 0 Å². The van der Waals surface area contributed by atoms with E-state index in [1.165, 1.54) is 35.4 Å². The van der Waals surface area contributed by atoms with Crippen LogP contribution in [0.25, 0.3) is 12.2 Å². The molecule has 0 atom stereocenters. The molecule has 2 rings (SSSR count). The number of hydrogen-bond acceptors (Lipinski definition) is 4. The topological polar surface area (TPSA) is 39.3 Å². The quantitative estimate of drug-likeness (QED) is 0.246. The third kappa shape index (κ3) is 10.4. The Morgan fingerprint density at radius 3 is 2.32 bits per heavy atom. The van der Waals surface area contributed by atoms with Gasteiger partial charge in [-0.05, 0) is 48.6 Å². The number of carbonyl (C=O) groups is 1. The fourth-order valence-corrected chi connectivity index (χ4v) is 5.38. The summed E-state index contributed by atoms with van der Waals surface area (Å²) in [6, 6.07) is 10.6. The second kappa shape index (κ2) is 15.1. The molecule has 6 heteroatoms. The van der Waals surface area contributed by atoms with Crippen LogP contribution in [0, 0.1) is 0 Å². The van der Waals surface area contributed by atoms with Gasteiger partial charge >= 0.3 is 0 Å². The highest BCUT2D eigenvalue weighted by Crippen LogP contribution is 2.23. The normalized spacial score (nSPS) is 11.2. The molecule has 2 aromatic rings. The van der Waals surface area contributed by atoms with Crippen LogP contribution in [0.1, 0.15) is 50.2 Å². The summed E-state index contributed by atoms with van der Waals surface area (Å²) in [5.41, 5.74) is 3.56. The maximum absolute atomic E-state index is 12.3. The first kappa shape index (κ1) is 25.5. The molecular weight excluding hydrogens is 422 g/mol. The lowest BCUT2D eigenvalue weighted by molar-refractivity contribution is -0.129. The van der Waals surface area contributed by atoms with Gasteiger partial charge in [0.25, 0.3) is 0 Å². The zero-order valence-electron chi connectivity index (χ0n) is 19.2. The van der Waals surface area contributed by atoms with Crippen LogP contribution in [0.5, 0.6) is 0 Å². The molecule has 0 fully saturated rings. The molecule has 0 spiro atoms. The van der Waals surface area contributed by atoms with Crippen LogP contribution in [0.2, 0.25) is 0 Å². The second-order valence-electron chi connectivity index (χ2n) is 7.76. The van der Waals surface area contributed by atoms with Crippen molar-refractivity contribution in [2.75, 3.05) is 43.6 Å². The van der Waals surface area contributed by atoms with Gasteiger partial charge < -0.3 is 14.8 Å². The van der Waals surface area contributed by atoms with Crippen molar-refractivity contribution >= 4 is 45.3 Å². The monoisotopic (exact) mass is 459 g/mol. The van der Waals surface area contributed by atoms with Gasteiger partial charge in [-0.15, -0.1) is 0 Å². The van der Waals surface area contributed by atoms with Gasteiger partial charge in [0.05, 0.1) is 0 Å². The first-order valence-corrected chi connectivity index (χ1v) is 13.7. The van der Waals surface area contributed by atoms with Crippen molar-refractivity contribution in [2.24, 2.45) is 0 Å². The second-order valence-corrected chi connectivity index (χ2v) is 10.5. The number of unbranched alkanes of at least 4 members (excludes halogenated alkanes) is 1. The molecule has 0 aliphatic rings. The summed E-state index contributed by atoms with van der Waals surface area (Å²) in [5.74, 6) is 2.54. The standard InChI is InChI=1S/C25H37N3OS2/c1-4-5-19-30-31-20-6-8-25(29)28(3)18-7-17-27(2)24-13-11-22(12-14-24)9-10-23-15-16-26-21-23/h9-16,21,26H,4-8,17-20H2,1-3H3/b10-9+. The molecule has 0 radical (unpaired) electrons. The molecule has 1 heterocycles. The molecule has 0 unspecified atom stereocenters. The van der Waals surface area contributed by atoms with Gasteiger partial charge in [0.15, 0.2) is 0 Å². The maximum Gasteiger partial charge on any atom is 0.222 e. The highest BCUT2D eigenvalue weighted by atomic mass is 33.1.